The average molecular weight is 1090 g/mol. The number of amides is 1. The Bertz CT molecular complexity index is 1180. The van der Waals surface area contributed by atoms with Gasteiger partial charge in [-0.3, -0.25) is 4.79 Å². The molecule has 0 bridgehead atoms. The van der Waals surface area contributed by atoms with E-state index in [4.69, 9.17) is 9.47 Å². The van der Waals surface area contributed by atoms with E-state index in [0.29, 0.717) is 12.8 Å². The van der Waals surface area contributed by atoms with Crippen molar-refractivity contribution in [1.82, 2.24) is 5.32 Å². The standard InChI is InChI=1S/C68H135NO8/c1-3-5-7-9-11-13-15-17-19-20-21-22-23-24-25-26-27-28-29-30-31-32-33-34-35-36-37-38-39-40-41-42-43-44-46-48-50-52-54-56-58-64(72)69-61(60-76-68-67(75)66(74)65(73)63(59-70)77-68)62(71)57-55-53-51-49-47-45-18-16-14-12-10-8-6-4-2/h61-63,65-68,70-71,73-75H,3-60H2,1-2H3,(H,69,72). The highest BCUT2D eigenvalue weighted by molar-refractivity contribution is 5.76. The van der Waals surface area contributed by atoms with Crippen LogP contribution >= 0.6 is 0 Å². The number of carbonyl (C=O) groups is 1. The van der Waals surface area contributed by atoms with Gasteiger partial charge < -0.3 is 40.3 Å². The van der Waals surface area contributed by atoms with Crippen molar-refractivity contribution in [3.05, 3.63) is 0 Å². The SMILES string of the molecule is CCCCCCCCCCCCCCCCCCCCCCCCCCCCCCCCCCCCCCCCCCC(=O)NC(COC1OC(CO)C(O)C(O)C1O)C(O)CCCCCCCCCCCCCCCC. The van der Waals surface area contributed by atoms with Gasteiger partial charge in [-0.05, 0) is 12.8 Å². The van der Waals surface area contributed by atoms with E-state index in [-0.39, 0.29) is 12.5 Å². The summed E-state index contributed by atoms with van der Waals surface area (Å²) in [5.41, 5.74) is 0. The maximum Gasteiger partial charge on any atom is 0.220 e. The van der Waals surface area contributed by atoms with E-state index < -0.39 is 49.5 Å². The first-order chi connectivity index (χ1) is 37.8. The second-order valence-corrected chi connectivity index (χ2v) is 24.7. The fourth-order valence-corrected chi connectivity index (χ4v) is 11.8. The number of aliphatic hydroxyl groups is 5. The Hall–Kier alpha value is -0.810. The van der Waals surface area contributed by atoms with E-state index in [0.717, 1.165) is 38.5 Å². The van der Waals surface area contributed by atoms with Gasteiger partial charge in [0.05, 0.1) is 25.4 Å². The molecule has 0 aromatic heterocycles. The monoisotopic (exact) mass is 1090 g/mol. The zero-order chi connectivity index (χ0) is 55.8. The molecule has 6 N–H and O–H groups in total. The van der Waals surface area contributed by atoms with Crippen molar-refractivity contribution in [3.63, 3.8) is 0 Å². The van der Waals surface area contributed by atoms with E-state index in [2.05, 4.69) is 19.2 Å². The molecule has 77 heavy (non-hydrogen) atoms. The van der Waals surface area contributed by atoms with Gasteiger partial charge in [-0.2, -0.15) is 0 Å². The first-order valence-corrected chi connectivity index (χ1v) is 34.7. The normalized spacial score (nSPS) is 18.6. The van der Waals surface area contributed by atoms with Gasteiger partial charge in [-0.1, -0.05) is 354 Å². The molecule has 1 fully saturated rings. The lowest BCUT2D eigenvalue weighted by atomic mass is 9.99. The number of hydrogen-bond donors (Lipinski definition) is 6. The molecule has 460 valence electrons. The van der Waals surface area contributed by atoms with Crippen LogP contribution in [0.4, 0.5) is 0 Å². The Labute approximate surface area is 478 Å². The second-order valence-electron chi connectivity index (χ2n) is 24.7. The van der Waals surface area contributed by atoms with Gasteiger partial charge in [0.25, 0.3) is 0 Å². The minimum absolute atomic E-state index is 0.131. The zero-order valence-electron chi connectivity index (χ0n) is 51.5. The molecule has 0 aromatic rings. The predicted octanol–water partition coefficient (Wildman–Crippen LogP) is 18.5. The van der Waals surface area contributed by atoms with Crippen molar-refractivity contribution >= 4 is 5.91 Å². The number of unbranched alkanes of at least 4 members (excludes halogenated alkanes) is 52. The minimum atomic E-state index is -1.55. The molecule has 0 saturated carbocycles. The van der Waals surface area contributed by atoms with Crippen molar-refractivity contribution in [3.8, 4) is 0 Å². The van der Waals surface area contributed by atoms with E-state index in [1.54, 1.807) is 0 Å². The Balaban J connectivity index is 1.98. The van der Waals surface area contributed by atoms with E-state index >= 15 is 0 Å². The number of rotatable bonds is 62. The highest BCUT2D eigenvalue weighted by Crippen LogP contribution is 2.24. The number of aliphatic hydroxyl groups excluding tert-OH is 5. The van der Waals surface area contributed by atoms with Crippen molar-refractivity contribution in [2.24, 2.45) is 0 Å². The first-order valence-electron chi connectivity index (χ1n) is 34.7. The molecule has 0 aliphatic carbocycles. The molecule has 0 radical (unpaired) electrons. The van der Waals surface area contributed by atoms with Gasteiger partial charge in [-0.25, -0.2) is 0 Å². The molecule has 7 unspecified atom stereocenters. The Morgan fingerprint density at radius 1 is 0.390 bits per heavy atom. The maximum absolute atomic E-state index is 13.1. The molecular formula is C68H135NO8. The van der Waals surface area contributed by atoms with Crippen LogP contribution in [-0.4, -0.2) is 87.5 Å². The third-order valence-electron chi connectivity index (χ3n) is 17.2. The third kappa shape index (κ3) is 47.4. The molecule has 1 heterocycles. The number of nitrogens with one attached hydrogen (secondary N) is 1. The number of carbonyl (C=O) groups excluding carboxylic acids is 1. The summed E-state index contributed by atoms with van der Waals surface area (Å²) in [5.74, 6) is -0.135. The first kappa shape index (κ1) is 74.2. The van der Waals surface area contributed by atoms with Gasteiger partial charge in [0.2, 0.25) is 5.91 Å². The molecule has 9 heteroatoms. The van der Waals surface area contributed by atoms with Crippen molar-refractivity contribution < 1.29 is 39.8 Å². The van der Waals surface area contributed by atoms with Crippen LogP contribution in [0.25, 0.3) is 0 Å². The smallest absolute Gasteiger partial charge is 0.220 e. The quantitative estimate of drug-likeness (QED) is 0.0330. The van der Waals surface area contributed by atoms with Crippen LogP contribution < -0.4 is 5.32 Å². The Morgan fingerprint density at radius 2 is 0.649 bits per heavy atom. The van der Waals surface area contributed by atoms with Crippen molar-refractivity contribution in [1.29, 1.82) is 0 Å². The minimum Gasteiger partial charge on any atom is -0.394 e. The van der Waals surface area contributed by atoms with Gasteiger partial charge in [-0.15, -0.1) is 0 Å². The molecule has 9 nitrogen and oxygen atoms in total. The maximum atomic E-state index is 13.1. The average Bonchev–Trinajstić information content (AvgIpc) is 3.43. The molecule has 0 aromatic carbocycles. The molecule has 1 amide bonds. The summed E-state index contributed by atoms with van der Waals surface area (Å²) in [6.07, 6.45) is 66.3. The number of ether oxygens (including phenoxy) is 2. The molecule has 1 saturated heterocycles. The largest absolute Gasteiger partial charge is 0.394 e. The van der Waals surface area contributed by atoms with Gasteiger partial charge in [0.15, 0.2) is 6.29 Å². The van der Waals surface area contributed by atoms with E-state index in [1.807, 2.05) is 0 Å². The molecule has 1 rings (SSSR count). The van der Waals surface area contributed by atoms with Gasteiger partial charge in [0, 0.05) is 6.42 Å². The van der Waals surface area contributed by atoms with E-state index in [1.165, 1.54) is 308 Å². The predicted molar refractivity (Wildman–Crippen MR) is 328 cm³/mol. The summed E-state index contributed by atoms with van der Waals surface area (Å²) in [4.78, 5) is 13.1. The summed E-state index contributed by atoms with van der Waals surface area (Å²) >= 11 is 0. The van der Waals surface area contributed by atoms with Crippen molar-refractivity contribution in [2.45, 2.75) is 416 Å². The van der Waals surface area contributed by atoms with Crippen LogP contribution in [0.2, 0.25) is 0 Å². The van der Waals surface area contributed by atoms with Crippen LogP contribution in [0, 0.1) is 0 Å². The molecular weight excluding hydrogens is 959 g/mol. The van der Waals surface area contributed by atoms with Crippen LogP contribution in [-0.2, 0) is 14.3 Å². The van der Waals surface area contributed by atoms with Gasteiger partial charge >= 0.3 is 0 Å². The number of hydrogen-bond acceptors (Lipinski definition) is 8. The van der Waals surface area contributed by atoms with Crippen LogP contribution in [0.1, 0.15) is 373 Å². The summed E-state index contributed by atoms with van der Waals surface area (Å²) in [7, 11) is 0. The molecule has 0 spiro atoms. The second kappa shape index (κ2) is 58.4. The van der Waals surface area contributed by atoms with Crippen LogP contribution in [0.15, 0.2) is 0 Å². The summed E-state index contributed by atoms with van der Waals surface area (Å²) in [5, 5.41) is 54.7. The molecule has 1 aliphatic heterocycles. The summed E-state index contributed by atoms with van der Waals surface area (Å²) in [6.45, 7) is 3.89. The molecule has 7 atom stereocenters. The highest BCUT2D eigenvalue weighted by atomic mass is 16.7. The van der Waals surface area contributed by atoms with Crippen LogP contribution in [0.5, 0.6) is 0 Å². The van der Waals surface area contributed by atoms with E-state index in [9.17, 15) is 30.3 Å². The fourth-order valence-electron chi connectivity index (χ4n) is 11.8. The summed E-state index contributed by atoms with van der Waals surface area (Å²) in [6, 6.07) is -0.713. The Kier molecular flexibility index (Phi) is 56.3. The lowest BCUT2D eigenvalue weighted by Crippen LogP contribution is -2.60. The van der Waals surface area contributed by atoms with Crippen molar-refractivity contribution in [2.75, 3.05) is 13.2 Å². The lowest BCUT2D eigenvalue weighted by Gasteiger charge is -2.40. The third-order valence-corrected chi connectivity index (χ3v) is 17.2. The topological polar surface area (TPSA) is 149 Å². The van der Waals surface area contributed by atoms with Crippen LogP contribution in [0.3, 0.4) is 0 Å². The highest BCUT2D eigenvalue weighted by Gasteiger charge is 2.44. The summed E-state index contributed by atoms with van der Waals surface area (Å²) < 4.78 is 11.3. The molecule has 1 aliphatic rings. The zero-order valence-corrected chi connectivity index (χ0v) is 51.5. The Morgan fingerprint density at radius 3 is 0.922 bits per heavy atom. The lowest BCUT2D eigenvalue weighted by molar-refractivity contribution is -0.302. The fraction of sp³-hybridized carbons (Fsp3) is 0.985. The van der Waals surface area contributed by atoms with Gasteiger partial charge in [0.1, 0.15) is 24.4 Å².